The number of aliphatic hydroxyl groups is 4. The Kier molecular flexibility index (Phi) is 7.73. The van der Waals surface area contributed by atoms with Gasteiger partial charge in [-0.15, -0.1) is 0 Å². The zero-order valence-electron chi connectivity index (χ0n) is 24.3. The summed E-state index contributed by atoms with van der Waals surface area (Å²) >= 11 is 0. The molecule has 236 valence electrons. The highest BCUT2D eigenvalue weighted by Gasteiger charge is 2.51. The third-order valence-electron chi connectivity index (χ3n) is 9.30. The summed E-state index contributed by atoms with van der Waals surface area (Å²) in [6.45, 7) is 5.40. The minimum Gasteiger partial charge on any atom is -0.462 e. The fourth-order valence-corrected chi connectivity index (χ4v) is 6.95. The summed E-state index contributed by atoms with van der Waals surface area (Å²) in [5.41, 5.74) is 2.68. The van der Waals surface area contributed by atoms with E-state index < -0.39 is 49.3 Å². The maximum absolute atomic E-state index is 14.3. The Bertz CT molecular complexity index is 1460. The molecule has 0 radical (unpaired) electrons. The van der Waals surface area contributed by atoms with Crippen molar-refractivity contribution in [2.45, 2.75) is 56.0 Å². The van der Waals surface area contributed by atoms with E-state index in [0.717, 1.165) is 25.2 Å². The van der Waals surface area contributed by atoms with Gasteiger partial charge in [-0.1, -0.05) is 6.07 Å². The third-order valence-corrected chi connectivity index (χ3v) is 9.30. The summed E-state index contributed by atoms with van der Waals surface area (Å²) in [6.07, 6.45) is -6.63. The summed E-state index contributed by atoms with van der Waals surface area (Å²) in [5.74, 6) is 0.224. The smallest absolute Gasteiger partial charge is 0.254 e. The van der Waals surface area contributed by atoms with E-state index >= 15 is 0 Å². The van der Waals surface area contributed by atoms with Gasteiger partial charge < -0.3 is 49.0 Å². The van der Waals surface area contributed by atoms with Crippen molar-refractivity contribution in [2.24, 2.45) is 0 Å². The van der Waals surface area contributed by atoms with Crippen LogP contribution in [0.25, 0.3) is 0 Å². The molecule has 4 N–H and O–H groups in total. The SMILES string of the molecule is Cc1cc2c(cc1O[C@@H]1O[C@H](CO)[C@H](O)[C@H](O)[C@H]1O)C(=O)N(CCCN1CCOCC1)C1c3cc4c(cc3C(=O)C21)OCO4. The number of morpholine rings is 1. The molecule has 7 rings (SSSR count). The first kappa shape index (κ1) is 29.4. The fraction of sp³-hybridized carbons (Fsp3) is 0.548. The highest BCUT2D eigenvalue weighted by molar-refractivity contribution is 6.11. The van der Waals surface area contributed by atoms with Crippen LogP contribution < -0.4 is 14.2 Å². The Hall–Kier alpha value is -3.30. The van der Waals surface area contributed by atoms with E-state index in [2.05, 4.69) is 4.90 Å². The van der Waals surface area contributed by atoms with Gasteiger partial charge in [0.05, 0.1) is 31.8 Å². The maximum Gasteiger partial charge on any atom is 0.254 e. The van der Waals surface area contributed by atoms with Crippen molar-refractivity contribution in [3.63, 3.8) is 0 Å². The predicted molar refractivity (Wildman–Crippen MR) is 151 cm³/mol. The Morgan fingerprint density at radius 1 is 0.909 bits per heavy atom. The highest BCUT2D eigenvalue weighted by atomic mass is 16.7. The van der Waals surface area contributed by atoms with Crippen molar-refractivity contribution in [2.75, 3.05) is 52.8 Å². The number of amides is 1. The van der Waals surface area contributed by atoms with E-state index in [-0.39, 0.29) is 24.2 Å². The lowest BCUT2D eigenvalue weighted by Crippen LogP contribution is -2.60. The number of benzene rings is 2. The van der Waals surface area contributed by atoms with Crippen molar-refractivity contribution < 1.29 is 53.7 Å². The normalized spacial score (nSPS) is 31.1. The van der Waals surface area contributed by atoms with Gasteiger partial charge in [0.25, 0.3) is 5.91 Å². The van der Waals surface area contributed by atoms with Crippen molar-refractivity contribution in [1.29, 1.82) is 0 Å². The fourth-order valence-electron chi connectivity index (χ4n) is 6.95. The monoisotopic (exact) mass is 612 g/mol. The second-order valence-corrected chi connectivity index (χ2v) is 11.9. The minimum absolute atomic E-state index is 0.0714. The Morgan fingerprint density at radius 2 is 1.66 bits per heavy atom. The van der Waals surface area contributed by atoms with Crippen LogP contribution in [-0.4, -0.2) is 125 Å². The van der Waals surface area contributed by atoms with Crippen molar-refractivity contribution >= 4 is 11.7 Å². The average molecular weight is 613 g/mol. The van der Waals surface area contributed by atoms with Crippen LogP contribution in [0.3, 0.4) is 0 Å². The number of rotatable bonds is 7. The summed E-state index contributed by atoms with van der Waals surface area (Å²) in [6, 6.07) is 6.30. The van der Waals surface area contributed by atoms with Gasteiger partial charge in [-0.25, -0.2) is 0 Å². The van der Waals surface area contributed by atoms with Crippen LogP contribution in [0.2, 0.25) is 0 Å². The van der Waals surface area contributed by atoms with Gasteiger partial charge in [0.1, 0.15) is 30.2 Å². The molecule has 2 saturated heterocycles. The molecule has 0 bridgehead atoms. The summed E-state index contributed by atoms with van der Waals surface area (Å²) < 4.78 is 28.1. The number of aryl methyl sites for hydroxylation is 1. The van der Waals surface area contributed by atoms with Crippen LogP contribution in [0.1, 0.15) is 55.8 Å². The molecule has 2 fully saturated rings. The van der Waals surface area contributed by atoms with Crippen LogP contribution in [0.15, 0.2) is 24.3 Å². The van der Waals surface area contributed by atoms with E-state index in [4.69, 9.17) is 23.7 Å². The number of Topliss-reactive ketones (excluding diaryl/α,β-unsaturated/α-hetero) is 1. The van der Waals surface area contributed by atoms with Crippen molar-refractivity contribution in [3.05, 3.63) is 52.1 Å². The summed E-state index contributed by atoms with van der Waals surface area (Å²) in [5, 5.41) is 40.5. The van der Waals surface area contributed by atoms with Gasteiger partial charge in [-0.05, 0) is 48.2 Å². The van der Waals surface area contributed by atoms with Crippen LogP contribution >= 0.6 is 0 Å². The molecule has 2 aromatic rings. The lowest BCUT2D eigenvalue weighted by Gasteiger charge is -2.41. The van der Waals surface area contributed by atoms with Gasteiger partial charge in [0.2, 0.25) is 13.1 Å². The molecule has 44 heavy (non-hydrogen) atoms. The Balaban J connectivity index is 1.23. The molecule has 2 unspecified atom stereocenters. The van der Waals surface area contributed by atoms with Crippen molar-refractivity contribution in [3.8, 4) is 17.2 Å². The van der Waals surface area contributed by atoms with Crippen LogP contribution in [0.4, 0.5) is 0 Å². The van der Waals surface area contributed by atoms with Gasteiger partial charge in [0.15, 0.2) is 17.3 Å². The van der Waals surface area contributed by atoms with Gasteiger partial charge in [0, 0.05) is 37.3 Å². The third kappa shape index (κ3) is 4.83. The maximum atomic E-state index is 14.3. The van der Waals surface area contributed by atoms with Crippen LogP contribution in [-0.2, 0) is 9.47 Å². The first-order valence-corrected chi connectivity index (χ1v) is 15.0. The van der Waals surface area contributed by atoms with Gasteiger partial charge in [-0.3, -0.25) is 14.5 Å². The molecule has 0 aromatic heterocycles. The molecular formula is C31H36N2O11. The molecule has 13 nitrogen and oxygen atoms in total. The highest BCUT2D eigenvalue weighted by Crippen LogP contribution is 2.53. The largest absolute Gasteiger partial charge is 0.462 e. The lowest BCUT2D eigenvalue weighted by atomic mass is 9.81. The number of ketones is 1. The number of hydrogen-bond acceptors (Lipinski definition) is 12. The standard InChI is InChI=1S/C31H36N2O11/c1-15-9-16-19(12-20(15)43-31-29(38)28(37)27(36)23(13-34)44-31)30(39)33(4-2-3-32-5-7-40-8-6-32)25-17-10-21-22(42-14-41-21)11-18(17)26(35)24(16)25/h9-12,23-25,27-29,31,34,36-38H,2-8,13-14H2,1H3/t23-,24?,25?,27+,28+,29-,31-/m1/s1. The zero-order chi connectivity index (χ0) is 30.7. The molecule has 2 aromatic carbocycles. The zero-order valence-corrected chi connectivity index (χ0v) is 24.3. The molecular weight excluding hydrogens is 576 g/mol. The summed E-state index contributed by atoms with van der Waals surface area (Å²) in [4.78, 5) is 32.4. The predicted octanol–water partition coefficient (Wildman–Crippen LogP) is 0.102. The van der Waals surface area contributed by atoms with Crippen LogP contribution in [0, 0.1) is 6.92 Å². The van der Waals surface area contributed by atoms with Gasteiger partial charge in [-0.2, -0.15) is 0 Å². The minimum atomic E-state index is -1.61. The molecule has 1 aliphatic carbocycles. The Morgan fingerprint density at radius 3 is 2.41 bits per heavy atom. The molecule has 4 aliphatic heterocycles. The number of fused-ring (bicyclic) bond motifs is 6. The van der Waals surface area contributed by atoms with E-state index in [1.165, 1.54) is 0 Å². The number of carbonyl (C=O) groups excluding carboxylic acids is 2. The number of aliphatic hydroxyl groups excluding tert-OH is 4. The number of carbonyl (C=O) groups is 2. The molecule has 0 spiro atoms. The molecule has 4 heterocycles. The van der Waals surface area contributed by atoms with Crippen molar-refractivity contribution in [1.82, 2.24) is 9.80 Å². The van der Waals surface area contributed by atoms with E-state index in [9.17, 15) is 30.0 Å². The first-order valence-electron chi connectivity index (χ1n) is 15.0. The van der Waals surface area contributed by atoms with Crippen LogP contribution in [0.5, 0.6) is 17.2 Å². The van der Waals surface area contributed by atoms with E-state index in [1.807, 2.05) is 6.07 Å². The quantitative estimate of drug-likeness (QED) is 0.334. The molecule has 5 aliphatic rings. The summed E-state index contributed by atoms with van der Waals surface area (Å²) in [7, 11) is 0. The number of nitrogens with zero attached hydrogens (tertiary/aromatic N) is 2. The van der Waals surface area contributed by atoms with E-state index in [1.54, 1.807) is 30.0 Å². The molecule has 0 saturated carbocycles. The first-order chi connectivity index (χ1) is 21.3. The number of hydrogen-bond donors (Lipinski definition) is 4. The average Bonchev–Trinajstić information content (AvgIpc) is 3.60. The van der Waals surface area contributed by atoms with E-state index in [0.29, 0.717) is 59.9 Å². The number of ether oxygens (including phenoxy) is 5. The second kappa shape index (κ2) is 11.6. The molecule has 7 atom stereocenters. The molecule has 13 heteroatoms. The topological polar surface area (TPSA) is 168 Å². The Labute approximate surface area is 253 Å². The molecule has 1 amide bonds. The van der Waals surface area contributed by atoms with Gasteiger partial charge >= 0.3 is 0 Å². The second-order valence-electron chi connectivity index (χ2n) is 11.9. The lowest BCUT2D eigenvalue weighted by molar-refractivity contribution is -0.277.